The molecule has 2 heterocycles. The van der Waals surface area contributed by atoms with Gasteiger partial charge in [-0.3, -0.25) is 9.36 Å². The van der Waals surface area contributed by atoms with Crippen LogP contribution in [0.3, 0.4) is 0 Å². The van der Waals surface area contributed by atoms with E-state index in [2.05, 4.69) is 22.1 Å². The van der Waals surface area contributed by atoms with Gasteiger partial charge in [-0.05, 0) is 44.5 Å². The number of amides is 1. The van der Waals surface area contributed by atoms with Crippen LogP contribution >= 0.6 is 34.7 Å². The van der Waals surface area contributed by atoms with Gasteiger partial charge in [0.05, 0.1) is 37.2 Å². The van der Waals surface area contributed by atoms with Crippen LogP contribution in [0.5, 0.6) is 5.75 Å². The van der Waals surface area contributed by atoms with E-state index in [1.807, 2.05) is 0 Å². The van der Waals surface area contributed by atoms with Gasteiger partial charge in [-0.25, -0.2) is 9.59 Å². The molecule has 3 aromatic rings. The predicted molar refractivity (Wildman–Crippen MR) is 148 cm³/mol. The summed E-state index contributed by atoms with van der Waals surface area (Å²) in [4.78, 5) is 38.1. The fraction of sp³-hybridized carbons (Fsp3) is 0.320. The number of ether oxygens (including phenoxy) is 3. The van der Waals surface area contributed by atoms with Crippen LogP contribution in [0.1, 0.15) is 39.4 Å². The molecule has 3 rings (SSSR count). The highest BCUT2D eigenvalue weighted by Crippen LogP contribution is 2.36. The molecule has 0 atom stereocenters. The first-order valence-corrected chi connectivity index (χ1v) is 13.7. The molecule has 1 N–H and O–H groups in total. The summed E-state index contributed by atoms with van der Waals surface area (Å²) in [5, 5.41) is 12.5. The zero-order chi connectivity index (χ0) is 27.8. The molecule has 202 valence electrons. The summed E-state index contributed by atoms with van der Waals surface area (Å²) in [6, 6.07) is 5.17. The number of halogens is 1. The van der Waals surface area contributed by atoms with Crippen molar-refractivity contribution in [1.29, 1.82) is 0 Å². The quantitative estimate of drug-likeness (QED) is 0.174. The molecule has 0 fully saturated rings. The van der Waals surface area contributed by atoms with Crippen LogP contribution in [0.15, 0.2) is 36.0 Å². The number of nitrogens with zero attached hydrogens (tertiary/aromatic N) is 3. The Labute approximate surface area is 233 Å². The van der Waals surface area contributed by atoms with Crippen molar-refractivity contribution >= 4 is 57.5 Å². The molecule has 0 aliphatic heterocycles. The van der Waals surface area contributed by atoms with Crippen LogP contribution in [-0.4, -0.2) is 58.7 Å². The van der Waals surface area contributed by atoms with Crippen molar-refractivity contribution in [3.05, 3.63) is 51.9 Å². The summed E-state index contributed by atoms with van der Waals surface area (Å²) in [7, 11) is 1.55. The van der Waals surface area contributed by atoms with Crippen molar-refractivity contribution in [3.8, 4) is 17.1 Å². The number of rotatable bonds is 12. The maximum atomic E-state index is 12.9. The van der Waals surface area contributed by atoms with Crippen molar-refractivity contribution in [2.75, 3.05) is 31.4 Å². The lowest BCUT2D eigenvalue weighted by Crippen LogP contribution is -2.17. The minimum Gasteiger partial charge on any atom is -0.496 e. The lowest BCUT2D eigenvalue weighted by atomic mass is 10.1. The van der Waals surface area contributed by atoms with Crippen LogP contribution in [-0.2, 0) is 20.8 Å². The predicted octanol–water partition coefficient (Wildman–Crippen LogP) is 5.25. The topological polar surface area (TPSA) is 122 Å². The number of hydrogen-bond donors (Lipinski definition) is 1. The number of hydrogen-bond acceptors (Lipinski definition) is 10. The van der Waals surface area contributed by atoms with E-state index >= 15 is 0 Å². The molecule has 0 bridgehead atoms. The Bertz CT molecular complexity index is 1350. The Hall–Kier alpha value is -3.35. The second kappa shape index (κ2) is 13.4. The Kier molecular flexibility index (Phi) is 10.3. The average Bonchev–Trinajstić information content (AvgIpc) is 3.43. The van der Waals surface area contributed by atoms with E-state index in [1.165, 1.54) is 0 Å². The number of benzene rings is 1. The minimum atomic E-state index is -0.634. The van der Waals surface area contributed by atoms with Crippen molar-refractivity contribution in [3.63, 3.8) is 0 Å². The number of esters is 2. The summed E-state index contributed by atoms with van der Waals surface area (Å²) < 4.78 is 17.5. The third-order valence-corrected chi connectivity index (χ3v) is 7.49. The largest absolute Gasteiger partial charge is 0.496 e. The fourth-order valence-corrected chi connectivity index (χ4v) is 5.50. The molecule has 38 heavy (non-hydrogen) atoms. The van der Waals surface area contributed by atoms with Crippen molar-refractivity contribution in [2.24, 2.45) is 0 Å². The maximum Gasteiger partial charge on any atom is 0.348 e. The number of anilines is 1. The molecule has 0 spiro atoms. The summed E-state index contributed by atoms with van der Waals surface area (Å²) in [5.41, 5.74) is 1.16. The molecule has 1 amide bonds. The van der Waals surface area contributed by atoms with Gasteiger partial charge in [-0.2, -0.15) is 0 Å². The number of thiophene rings is 1. The Balaban J connectivity index is 1.84. The third kappa shape index (κ3) is 6.55. The number of methoxy groups -OCH3 is 1. The van der Waals surface area contributed by atoms with Gasteiger partial charge < -0.3 is 19.5 Å². The van der Waals surface area contributed by atoms with Crippen LogP contribution in [0.4, 0.5) is 5.00 Å². The molecule has 10 nitrogen and oxygen atoms in total. The lowest BCUT2D eigenvalue weighted by molar-refractivity contribution is -0.113. The van der Waals surface area contributed by atoms with E-state index in [-0.39, 0.29) is 34.4 Å². The second-order valence-corrected chi connectivity index (χ2v) is 9.99. The van der Waals surface area contributed by atoms with E-state index < -0.39 is 17.8 Å². The molecule has 0 aliphatic carbocycles. The van der Waals surface area contributed by atoms with Gasteiger partial charge in [0.25, 0.3) is 0 Å². The molecule has 0 aliphatic rings. The SMILES string of the molecule is C=CCn1c(SCC(=O)Nc2sc(C(=O)OCC)c(C)c2C(=O)OCC)nnc1-c1cc(Cl)ccc1OC. The van der Waals surface area contributed by atoms with Crippen LogP contribution in [0.25, 0.3) is 11.4 Å². The third-order valence-electron chi connectivity index (χ3n) is 5.10. The first-order chi connectivity index (χ1) is 18.2. The van der Waals surface area contributed by atoms with Gasteiger partial charge in [0.15, 0.2) is 11.0 Å². The normalized spacial score (nSPS) is 10.7. The zero-order valence-electron chi connectivity index (χ0n) is 21.3. The number of thioether (sulfide) groups is 1. The highest BCUT2D eigenvalue weighted by molar-refractivity contribution is 7.99. The van der Waals surface area contributed by atoms with Gasteiger partial charge in [-0.1, -0.05) is 29.4 Å². The molecule has 13 heteroatoms. The van der Waals surface area contributed by atoms with Gasteiger partial charge >= 0.3 is 11.9 Å². The Morgan fingerprint density at radius 1 is 1.18 bits per heavy atom. The summed E-state index contributed by atoms with van der Waals surface area (Å²) in [6.07, 6.45) is 1.69. The molecule has 2 aromatic heterocycles. The Morgan fingerprint density at radius 2 is 1.89 bits per heavy atom. The molecular formula is C25H27ClN4O6S2. The first kappa shape index (κ1) is 29.2. The average molecular weight is 579 g/mol. The molecule has 0 unspecified atom stereocenters. The fourth-order valence-electron chi connectivity index (χ4n) is 3.48. The number of aromatic nitrogens is 3. The molecule has 0 radical (unpaired) electrons. The van der Waals surface area contributed by atoms with Gasteiger partial charge in [0.1, 0.15) is 15.6 Å². The van der Waals surface area contributed by atoms with Gasteiger partial charge in [0, 0.05) is 11.6 Å². The van der Waals surface area contributed by atoms with E-state index in [4.69, 9.17) is 25.8 Å². The first-order valence-electron chi connectivity index (χ1n) is 11.5. The molecular weight excluding hydrogens is 552 g/mol. The van der Waals surface area contributed by atoms with E-state index in [0.717, 1.165) is 23.1 Å². The van der Waals surface area contributed by atoms with Gasteiger partial charge in [-0.15, -0.1) is 28.1 Å². The van der Waals surface area contributed by atoms with Gasteiger partial charge in [0.2, 0.25) is 5.91 Å². The highest BCUT2D eigenvalue weighted by atomic mass is 35.5. The Morgan fingerprint density at radius 3 is 2.55 bits per heavy atom. The zero-order valence-corrected chi connectivity index (χ0v) is 23.7. The van der Waals surface area contributed by atoms with Crippen molar-refractivity contribution < 1.29 is 28.6 Å². The monoisotopic (exact) mass is 578 g/mol. The van der Waals surface area contributed by atoms with E-state index in [1.54, 1.807) is 56.7 Å². The lowest BCUT2D eigenvalue weighted by Gasteiger charge is -2.11. The van der Waals surface area contributed by atoms with Crippen molar-refractivity contribution in [1.82, 2.24) is 14.8 Å². The van der Waals surface area contributed by atoms with E-state index in [9.17, 15) is 14.4 Å². The maximum absolute atomic E-state index is 12.9. The summed E-state index contributed by atoms with van der Waals surface area (Å²) in [6.45, 7) is 9.47. The molecule has 0 saturated carbocycles. The number of allylic oxidation sites excluding steroid dienone is 1. The second-order valence-electron chi connectivity index (χ2n) is 7.59. The van der Waals surface area contributed by atoms with Crippen LogP contribution in [0, 0.1) is 6.92 Å². The van der Waals surface area contributed by atoms with E-state index in [0.29, 0.717) is 39.4 Å². The summed E-state index contributed by atoms with van der Waals surface area (Å²) in [5.74, 6) is -0.589. The van der Waals surface area contributed by atoms with Crippen molar-refractivity contribution in [2.45, 2.75) is 32.5 Å². The number of nitrogens with one attached hydrogen (secondary N) is 1. The minimum absolute atomic E-state index is 0.0457. The summed E-state index contributed by atoms with van der Waals surface area (Å²) >= 11 is 8.31. The molecule has 1 aromatic carbocycles. The number of carbonyl (C=O) groups excluding carboxylic acids is 3. The van der Waals surface area contributed by atoms with Crippen LogP contribution < -0.4 is 10.1 Å². The van der Waals surface area contributed by atoms with Crippen LogP contribution in [0.2, 0.25) is 5.02 Å². The highest BCUT2D eigenvalue weighted by Gasteiger charge is 2.27. The standard InChI is InChI=1S/C25H27ClN4O6S2/c1-6-11-30-21(16-12-15(26)9-10-17(16)34-5)28-29-25(30)37-13-18(31)27-22-19(23(32)35-7-2)14(4)20(38-22)24(33)36-8-3/h6,9-10,12H,1,7-8,11,13H2,2-5H3,(H,27,31). The molecule has 0 saturated heterocycles. The smallest absolute Gasteiger partial charge is 0.348 e. The number of carbonyl (C=O) groups is 3.